The van der Waals surface area contributed by atoms with Crippen LogP contribution in [0.4, 0.5) is 0 Å². The number of carbonyl (C=O) groups is 1. The van der Waals surface area contributed by atoms with E-state index in [9.17, 15) is 4.79 Å². The van der Waals surface area contributed by atoms with Gasteiger partial charge in [0.05, 0.1) is 34.0 Å². The summed E-state index contributed by atoms with van der Waals surface area (Å²) >= 11 is 0. The van der Waals surface area contributed by atoms with Gasteiger partial charge in [-0.2, -0.15) is 0 Å². The van der Waals surface area contributed by atoms with Crippen molar-refractivity contribution in [3.8, 4) is 17.2 Å². The minimum atomic E-state index is -0.432. The van der Waals surface area contributed by atoms with E-state index in [4.69, 9.17) is 18.9 Å². The van der Waals surface area contributed by atoms with Crippen molar-refractivity contribution >= 4 is 17.6 Å². The maximum Gasteiger partial charge on any atom is 0.338 e. The van der Waals surface area contributed by atoms with E-state index >= 15 is 0 Å². The van der Waals surface area contributed by atoms with Gasteiger partial charge in [0, 0.05) is 0 Å². The lowest BCUT2D eigenvalue weighted by atomic mass is 10.0. The molecule has 0 N–H and O–H groups in total. The summed E-state index contributed by atoms with van der Waals surface area (Å²) in [6.07, 6.45) is 1.76. The number of hydrogen-bond donors (Lipinski definition) is 0. The molecule has 2 aromatic carbocycles. The molecule has 0 aliphatic heterocycles. The van der Waals surface area contributed by atoms with Crippen molar-refractivity contribution in [1.29, 1.82) is 0 Å². The summed E-state index contributed by atoms with van der Waals surface area (Å²) in [5.74, 6) is 1.45. The second kappa shape index (κ2) is 8.06. The Labute approximate surface area is 141 Å². The summed E-state index contributed by atoms with van der Waals surface area (Å²) in [6, 6.07) is 12.7. The zero-order valence-corrected chi connectivity index (χ0v) is 14.2. The van der Waals surface area contributed by atoms with Gasteiger partial charge in [0.15, 0.2) is 11.5 Å². The first kappa shape index (κ1) is 17.4. The van der Waals surface area contributed by atoms with Crippen molar-refractivity contribution in [3.05, 3.63) is 53.6 Å². The highest BCUT2D eigenvalue weighted by atomic mass is 16.5. The summed E-state index contributed by atoms with van der Waals surface area (Å²) in [6.45, 7) is 0. The molecule has 0 radical (unpaired) electrons. The van der Waals surface area contributed by atoms with Crippen LogP contribution in [0, 0.1) is 0 Å². The van der Waals surface area contributed by atoms with Gasteiger partial charge in [0.1, 0.15) is 5.75 Å². The molecule has 0 saturated heterocycles. The van der Waals surface area contributed by atoms with Crippen LogP contribution in [0.25, 0.3) is 11.6 Å². The molecule has 0 aliphatic carbocycles. The molecule has 0 saturated carbocycles. The van der Waals surface area contributed by atoms with E-state index in [1.807, 2.05) is 24.3 Å². The Morgan fingerprint density at radius 2 is 1.50 bits per heavy atom. The number of methoxy groups -OCH3 is 4. The average Bonchev–Trinajstić information content (AvgIpc) is 2.65. The van der Waals surface area contributed by atoms with Gasteiger partial charge in [-0.15, -0.1) is 0 Å². The smallest absolute Gasteiger partial charge is 0.338 e. The van der Waals surface area contributed by atoms with Crippen molar-refractivity contribution < 1.29 is 23.7 Å². The molecule has 2 aromatic rings. The second-order valence-corrected chi connectivity index (χ2v) is 4.89. The fourth-order valence-corrected chi connectivity index (χ4v) is 2.24. The topological polar surface area (TPSA) is 54.0 Å². The Kier molecular flexibility index (Phi) is 5.84. The first-order chi connectivity index (χ1) is 11.6. The molecule has 0 heterocycles. The molecular weight excluding hydrogens is 308 g/mol. The lowest BCUT2D eigenvalue weighted by Gasteiger charge is -2.11. The zero-order valence-electron chi connectivity index (χ0n) is 14.2. The average molecular weight is 328 g/mol. The van der Waals surface area contributed by atoms with Gasteiger partial charge in [-0.3, -0.25) is 0 Å². The lowest BCUT2D eigenvalue weighted by Crippen LogP contribution is -2.04. The first-order valence-electron chi connectivity index (χ1n) is 7.29. The Hall–Kier alpha value is -2.95. The molecular formula is C19H20O5. The van der Waals surface area contributed by atoms with Crippen LogP contribution >= 0.6 is 0 Å². The van der Waals surface area contributed by atoms with E-state index in [1.54, 1.807) is 45.6 Å². The summed E-state index contributed by atoms with van der Waals surface area (Å²) in [5.41, 5.74) is 1.95. The molecule has 0 amide bonds. The summed E-state index contributed by atoms with van der Waals surface area (Å²) < 4.78 is 20.6. The maximum absolute atomic E-state index is 12.2. The maximum atomic E-state index is 12.2. The summed E-state index contributed by atoms with van der Waals surface area (Å²) in [7, 11) is 6.07. The summed E-state index contributed by atoms with van der Waals surface area (Å²) in [4.78, 5) is 12.2. The van der Waals surface area contributed by atoms with Gasteiger partial charge < -0.3 is 18.9 Å². The van der Waals surface area contributed by atoms with Gasteiger partial charge in [0.2, 0.25) is 0 Å². The SMILES string of the molecule is COC(=O)C(=Cc1ccc(OC)cc1)c1ccc(OC)c(OC)c1. The fourth-order valence-electron chi connectivity index (χ4n) is 2.24. The Morgan fingerprint density at radius 1 is 0.833 bits per heavy atom. The minimum Gasteiger partial charge on any atom is -0.497 e. The van der Waals surface area contributed by atoms with E-state index in [1.165, 1.54) is 7.11 Å². The second-order valence-electron chi connectivity index (χ2n) is 4.89. The van der Waals surface area contributed by atoms with E-state index in [-0.39, 0.29) is 0 Å². The highest BCUT2D eigenvalue weighted by Gasteiger charge is 2.15. The molecule has 0 bridgehead atoms. The highest BCUT2D eigenvalue weighted by molar-refractivity contribution is 6.21. The van der Waals surface area contributed by atoms with Crippen LogP contribution in [0.15, 0.2) is 42.5 Å². The van der Waals surface area contributed by atoms with Crippen molar-refractivity contribution in [3.63, 3.8) is 0 Å². The molecule has 0 spiro atoms. The Bertz CT molecular complexity index is 732. The molecule has 0 fully saturated rings. The molecule has 0 atom stereocenters. The van der Waals surface area contributed by atoms with E-state index in [2.05, 4.69) is 0 Å². The van der Waals surface area contributed by atoms with Gasteiger partial charge in [-0.05, 0) is 41.5 Å². The zero-order chi connectivity index (χ0) is 17.5. The molecule has 2 rings (SSSR count). The standard InChI is InChI=1S/C19H20O5/c1-21-15-8-5-13(6-9-15)11-16(19(20)24-4)14-7-10-17(22-2)18(12-14)23-3/h5-12H,1-4H3. The predicted molar refractivity (Wildman–Crippen MR) is 92.4 cm³/mol. The Morgan fingerprint density at radius 3 is 2.04 bits per heavy atom. The molecule has 5 heteroatoms. The van der Waals surface area contributed by atoms with Crippen molar-refractivity contribution in [2.24, 2.45) is 0 Å². The van der Waals surface area contributed by atoms with Crippen LogP contribution in [-0.2, 0) is 9.53 Å². The number of carbonyl (C=O) groups excluding carboxylic acids is 1. The van der Waals surface area contributed by atoms with Gasteiger partial charge in [-0.1, -0.05) is 18.2 Å². The number of rotatable bonds is 6. The molecule has 0 aromatic heterocycles. The molecule has 5 nitrogen and oxygen atoms in total. The van der Waals surface area contributed by atoms with Gasteiger partial charge >= 0.3 is 5.97 Å². The van der Waals surface area contributed by atoms with Crippen molar-refractivity contribution in [1.82, 2.24) is 0 Å². The van der Waals surface area contributed by atoms with Crippen LogP contribution < -0.4 is 14.2 Å². The predicted octanol–water partition coefficient (Wildman–Crippen LogP) is 3.43. The van der Waals surface area contributed by atoms with Gasteiger partial charge in [0.25, 0.3) is 0 Å². The normalized spacial score (nSPS) is 10.9. The molecule has 126 valence electrons. The van der Waals surface area contributed by atoms with E-state index in [0.29, 0.717) is 22.6 Å². The molecule has 24 heavy (non-hydrogen) atoms. The van der Waals surface area contributed by atoms with Crippen molar-refractivity contribution in [2.45, 2.75) is 0 Å². The first-order valence-corrected chi connectivity index (χ1v) is 7.29. The third-order valence-electron chi connectivity index (χ3n) is 3.53. The largest absolute Gasteiger partial charge is 0.497 e. The Balaban J connectivity index is 2.48. The number of hydrogen-bond acceptors (Lipinski definition) is 5. The third-order valence-corrected chi connectivity index (χ3v) is 3.53. The van der Waals surface area contributed by atoms with Crippen LogP contribution in [0.2, 0.25) is 0 Å². The number of esters is 1. The highest BCUT2D eigenvalue weighted by Crippen LogP contribution is 2.31. The van der Waals surface area contributed by atoms with Crippen molar-refractivity contribution in [2.75, 3.05) is 28.4 Å². The fraction of sp³-hybridized carbons (Fsp3) is 0.211. The number of benzene rings is 2. The minimum absolute atomic E-state index is 0.420. The quantitative estimate of drug-likeness (QED) is 0.462. The molecule has 0 unspecified atom stereocenters. The van der Waals surface area contributed by atoms with Gasteiger partial charge in [-0.25, -0.2) is 4.79 Å². The third kappa shape index (κ3) is 3.87. The molecule has 0 aliphatic rings. The van der Waals surface area contributed by atoms with Crippen LogP contribution in [-0.4, -0.2) is 34.4 Å². The monoisotopic (exact) mass is 328 g/mol. The number of ether oxygens (including phenoxy) is 4. The summed E-state index contributed by atoms with van der Waals surface area (Å²) in [5, 5.41) is 0. The van der Waals surface area contributed by atoms with Crippen LogP contribution in [0.3, 0.4) is 0 Å². The van der Waals surface area contributed by atoms with E-state index in [0.717, 1.165) is 11.3 Å². The van der Waals surface area contributed by atoms with Crippen LogP contribution in [0.1, 0.15) is 11.1 Å². The van der Waals surface area contributed by atoms with Crippen LogP contribution in [0.5, 0.6) is 17.2 Å². The van der Waals surface area contributed by atoms with E-state index < -0.39 is 5.97 Å². The lowest BCUT2D eigenvalue weighted by molar-refractivity contribution is -0.133.